The number of rotatable bonds is 5. The fraction of sp³-hybridized carbons (Fsp3) is 0.235. The highest BCUT2D eigenvalue weighted by Crippen LogP contribution is 2.17. The lowest BCUT2D eigenvalue weighted by Gasteiger charge is -2.11. The molecule has 1 aromatic heterocycles. The summed E-state index contributed by atoms with van der Waals surface area (Å²) in [6.07, 6.45) is 1.57. The number of nitrogens with zero attached hydrogens (tertiary/aromatic N) is 2. The predicted octanol–water partition coefficient (Wildman–Crippen LogP) is 2.43. The minimum absolute atomic E-state index is 0.0891. The Morgan fingerprint density at radius 1 is 1.17 bits per heavy atom. The number of hydrogen-bond donors (Lipinski definition) is 1. The maximum absolute atomic E-state index is 12.3. The quantitative estimate of drug-likeness (QED) is 0.920. The first-order valence-corrected chi connectivity index (χ1v) is 7.23. The molecule has 23 heavy (non-hydrogen) atoms. The van der Waals surface area contributed by atoms with Crippen molar-refractivity contribution in [2.24, 2.45) is 0 Å². The Morgan fingerprint density at radius 3 is 2.48 bits per heavy atom. The summed E-state index contributed by atoms with van der Waals surface area (Å²) in [7, 11) is 3.38. The van der Waals surface area contributed by atoms with E-state index in [0.29, 0.717) is 29.3 Å². The van der Waals surface area contributed by atoms with Crippen molar-refractivity contribution in [1.82, 2.24) is 9.88 Å². The van der Waals surface area contributed by atoms with E-state index in [-0.39, 0.29) is 11.8 Å². The highest BCUT2D eigenvalue weighted by Gasteiger charge is 2.14. The van der Waals surface area contributed by atoms with E-state index in [1.807, 2.05) is 6.92 Å². The number of carbonyl (C=O) groups is 2. The molecular formula is C17H19N3O3. The van der Waals surface area contributed by atoms with E-state index in [4.69, 9.17) is 4.74 Å². The third-order valence-corrected chi connectivity index (χ3v) is 3.09. The largest absolute Gasteiger partial charge is 0.477 e. The number of ether oxygens (including phenoxy) is 1. The number of pyridine rings is 1. The van der Waals surface area contributed by atoms with Gasteiger partial charge in [0, 0.05) is 31.5 Å². The van der Waals surface area contributed by atoms with Gasteiger partial charge in [-0.15, -0.1) is 0 Å². The van der Waals surface area contributed by atoms with Crippen molar-refractivity contribution in [3.63, 3.8) is 0 Å². The third kappa shape index (κ3) is 4.06. The van der Waals surface area contributed by atoms with Crippen molar-refractivity contribution in [3.8, 4) is 5.88 Å². The molecule has 120 valence electrons. The van der Waals surface area contributed by atoms with Gasteiger partial charge < -0.3 is 15.0 Å². The van der Waals surface area contributed by atoms with E-state index < -0.39 is 0 Å². The molecule has 0 atom stereocenters. The average molecular weight is 313 g/mol. The van der Waals surface area contributed by atoms with Gasteiger partial charge in [0.2, 0.25) is 5.88 Å². The van der Waals surface area contributed by atoms with E-state index >= 15 is 0 Å². The maximum atomic E-state index is 12.3. The first-order valence-electron chi connectivity index (χ1n) is 7.23. The monoisotopic (exact) mass is 313 g/mol. The molecule has 1 aromatic carbocycles. The highest BCUT2D eigenvalue weighted by atomic mass is 16.5. The highest BCUT2D eigenvalue weighted by molar-refractivity contribution is 6.06. The average Bonchev–Trinajstić information content (AvgIpc) is 2.55. The van der Waals surface area contributed by atoms with Gasteiger partial charge in [-0.1, -0.05) is 0 Å². The van der Waals surface area contributed by atoms with Crippen LogP contribution in [0.1, 0.15) is 27.6 Å². The molecule has 1 heterocycles. The standard InChI is InChI=1S/C17H19N3O3/c1-4-23-16-14(6-5-11-18-16)15(21)19-13-9-7-12(8-10-13)17(22)20(2)3/h5-11H,4H2,1-3H3,(H,19,21). The van der Waals surface area contributed by atoms with Gasteiger partial charge in [-0.05, 0) is 43.3 Å². The number of benzene rings is 1. The zero-order valence-corrected chi connectivity index (χ0v) is 13.4. The summed E-state index contributed by atoms with van der Waals surface area (Å²) < 4.78 is 5.35. The van der Waals surface area contributed by atoms with Crippen LogP contribution in [0.5, 0.6) is 5.88 Å². The van der Waals surface area contributed by atoms with Gasteiger partial charge >= 0.3 is 0 Å². The van der Waals surface area contributed by atoms with Crippen LogP contribution in [0.3, 0.4) is 0 Å². The van der Waals surface area contributed by atoms with Crippen molar-refractivity contribution in [2.45, 2.75) is 6.92 Å². The van der Waals surface area contributed by atoms with Crippen LogP contribution in [0.25, 0.3) is 0 Å². The van der Waals surface area contributed by atoms with Gasteiger partial charge in [-0.25, -0.2) is 4.98 Å². The summed E-state index contributed by atoms with van der Waals surface area (Å²) in [5.74, 6) is -0.103. The number of aromatic nitrogens is 1. The SMILES string of the molecule is CCOc1ncccc1C(=O)Nc1ccc(C(=O)N(C)C)cc1. The van der Waals surface area contributed by atoms with E-state index in [2.05, 4.69) is 10.3 Å². The number of nitrogens with one attached hydrogen (secondary N) is 1. The molecule has 6 heteroatoms. The molecule has 0 bridgehead atoms. The van der Waals surface area contributed by atoms with Crippen molar-refractivity contribution in [2.75, 3.05) is 26.0 Å². The summed E-state index contributed by atoms with van der Waals surface area (Å²) in [6, 6.07) is 10.0. The number of amides is 2. The van der Waals surface area contributed by atoms with Crippen molar-refractivity contribution >= 4 is 17.5 Å². The van der Waals surface area contributed by atoms with Gasteiger partial charge in [0.05, 0.1) is 6.61 Å². The summed E-state index contributed by atoms with van der Waals surface area (Å²) in [4.78, 5) is 29.7. The van der Waals surface area contributed by atoms with Crippen LogP contribution in [0.4, 0.5) is 5.69 Å². The van der Waals surface area contributed by atoms with E-state index in [9.17, 15) is 9.59 Å². The zero-order chi connectivity index (χ0) is 16.8. The van der Waals surface area contributed by atoms with Gasteiger partial charge in [0.25, 0.3) is 11.8 Å². The summed E-state index contributed by atoms with van der Waals surface area (Å²) in [6.45, 7) is 2.26. The number of anilines is 1. The molecule has 1 N–H and O–H groups in total. The van der Waals surface area contributed by atoms with Crippen LogP contribution in [0, 0.1) is 0 Å². The van der Waals surface area contributed by atoms with Crippen LogP contribution in [0.15, 0.2) is 42.6 Å². The molecule has 2 amide bonds. The molecule has 0 aliphatic carbocycles. The van der Waals surface area contributed by atoms with Crippen molar-refractivity contribution < 1.29 is 14.3 Å². The van der Waals surface area contributed by atoms with Crippen LogP contribution >= 0.6 is 0 Å². The first-order chi connectivity index (χ1) is 11.0. The Hall–Kier alpha value is -2.89. The fourth-order valence-corrected chi connectivity index (χ4v) is 1.97. The van der Waals surface area contributed by atoms with Gasteiger partial charge in [-0.2, -0.15) is 0 Å². The summed E-state index contributed by atoms with van der Waals surface area (Å²) in [5.41, 5.74) is 1.52. The molecule has 2 aromatic rings. The van der Waals surface area contributed by atoms with Crippen LogP contribution in [-0.4, -0.2) is 42.4 Å². The fourth-order valence-electron chi connectivity index (χ4n) is 1.97. The minimum atomic E-state index is -0.312. The summed E-state index contributed by atoms with van der Waals surface area (Å²) >= 11 is 0. The van der Waals surface area contributed by atoms with E-state index in [1.165, 1.54) is 4.90 Å². The Labute approximate surface area is 135 Å². The van der Waals surface area contributed by atoms with Crippen LogP contribution in [0.2, 0.25) is 0 Å². The Balaban J connectivity index is 2.13. The summed E-state index contributed by atoms with van der Waals surface area (Å²) in [5, 5.41) is 2.77. The molecule has 2 rings (SSSR count). The molecule has 0 saturated carbocycles. The molecule has 0 aliphatic rings. The van der Waals surface area contributed by atoms with Crippen molar-refractivity contribution in [3.05, 3.63) is 53.7 Å². The van der Waals surface area contributed by atoms with Crippen LogP contribution < -0.4 is 10.1 Å². The van der Waals surface area contributed by atoms with Crippen molar-refractivity contribution in [1.29, 1.82) is 0 Å². The molecule has 0 spiro atoms. The molecule has 0 fully saturated rings. The first kappa shape index (κ1) is 16.5. The molecular weight excluding hydrogens is 294 g/mol. The zero-order valence-electron chi connectivity index (χ0n) is 13.4. The second-order valence-corrected chi connectivity index (χ2v) is 5.02. The Kier molecular flexibility index (Phi) is 5.30. The van der Waals surface area contributed by atoms with E-state index in [0.717, 1.165) is 0 Å². The molecule has 0 unspecified atom stereocenters. The maximum Gasteiger partial charge on any atom is 0.261 e. The lowest BCUT2D eigenvalue weighted by atomic mass is 10.1. The van der Waals surface area contributed by atoms with Gasteiger partial charge in [-0.3, -0.25) is 9.59 Å². The Morgan fingerprint density at radius 2 is 1.87 bits per heavy atom. The lowest BCUT2D eigenvalue weighted by molar-refractivity contribution is 0.0827. The molecule has 0 saturated heterocycles. The normalized spacial score (nSPS) is 10.0. The molecule has 0 aliphatic heterocycles. The minimum Gasteiger partial charge on any atom is -0.477 e. The predicted molar refractivity (Wildman–Crippen MR) is 87.8 cm³/mol. The molecule has 6 nitrogen and oxygen atoms in total. The third-order valence-electron chi connectivity index (χ3n) is 3.09. The number of hydrogen-bond acceptors (Lipinski definition) is 4. The molecule has 0 radical (unpaired) electrons. The van der Waals surface area contributed by atoms with Gasteiger partial charge in [0.15, 0.2) is 0 Å². The topological polar surface area (TPSA) is 71.5 Å². The van der Waals surface area contributed by atoms with E-state index in [1.54, 1.807) is 56.7 Å². The van der Waals surface area contributed by atoms with Gasteiger partial charge in [0.1, 0.15) is 5.56 Å². The Bertz CT molecular complexity index is 696. The lowest BCUT2D eigenvalue weighted by Crippen LogP contribution is -2.21. The second kappa shape index (κ2) is 7.40. The second-order valence-electron chi connectivity index (χ2n) is 5.02. The van der Waals surface area contributed by atoms with Crippen LogP contribution in [-0.2, 0) is 0 Å². The number of carbonyl (C=O) groups excluding carboxylic acids is 2. The smallest absolute Gasteiger partial charge is 0.261 e.